The number of hydrogen-bond donors (Lipinski definition) is 1. The summed E-state index contributed by atoms with van der Waals surface area (Å²) in [4.78, 5) is 27.2. The fourth-order valence-electron chi connectivity index (χ4n) is 4.87. The van der Waals surface area contributed by atoms with Gasteiger partial charge in [-0.2, -0.15) is 0 Å². The van der Waals surface area contributed by atoms with E-state index in [0.717, 1.165) is 18.8 Å². The van der Waals surface area contributed by atoms with Crippen LogP contribution in [0.25, 0.3) is 0 Å². The van der Waals surface area contributed by atoms with Crippen LogP contribution < -0.4 is 5.32 Å². The van der Waals surface area contributed by atoms with E-state index in [1.54, 1.807) is 0 Å². The highest BCUT2D eigenvalue weighted by molar-refractivity contribution is 5.94. The molecule has 4 fully saturated rings. The smallest absolute Gasteiger partial charge is 0.248 e. The SMILES string of the molecule is CC1(C2CC2)NC(=O)CCN(C2CC3CCC2C3)C1=O. The Hall–Kier alpha value is -1.06. The molecule has 1 heterocycles. The molecule has 3 aliphatic carbocycles. The Morgan fingerprint density at radius 3 is 2.55 bits per heavy atom. The van der Waals surface area contributed by atoms with Crippen molar-refractivity contribution in [1.29, 1.82) is 0 Å². The number of nitrogens with one attached hydrogen (secondary N) is 1. The van der Waals surface area contributed by atoms with E-state index >= 15 is 0 Å². The Morgan fingerprint density at radius 1 is 1.15 bits per heavy atom. The first-order valence-electron chi connectivity index (χ1n) is 8.20. The number of amides is 2. The van der Waals surface area contributed by atoms with Crippen molar-refractivity contribution in [3.63, 3.8) is 0 Å². The van der Waals surface area contributed by atoms with Gasteiger partial charge in [0, 0.05) is 19.0 Å². The van der Waals surface area contributed by atoms with Crippen LogP contribution >= 0.6 is 0 Å². The maximum absolute atomic E-state index is 13.1. The van der Waals surface area contributed by atoms with Crippen molar-refractivity contribution >= 4 is 11.8 Å². The normalized spacial score (nSPS) is 44.6. The van der Waals surface area contributed by atoms with Crippen molar-refractivity contribution in [3.8, 4) is 0 Å². The van der Waals surface area contributed by atoms with Gasteiger partial charge in [0.1, 0.15) is 5.54 Å². The van der Waals surface area contributed by atoms with Crippen LogP contribution in [0.15, 0.2) is 0 Å². The molecule has 4 unspecified atom stereocenters. The number of fused-ring (bicyclic) bond motifs is 2. The number of rotatable bonds is 2. The molecule has 3 saturated carbocycles. The Balaban J connectivity index is 1.61. The average molecular weight is 276 g/mol. The zero-order valence-corrected chi connectivity index (χ0v) is 12.2. The summed E-state index contributed by atoms with van der Waals surface area (Å²) in [7, 11) is 0. The van der Waals surface area contributed by atoms with Crippen LogP contribution in [0, 0.1) is 17.8 Å². The first kappa shape index (κ1) is 12.7. The van der Waals surface area contributed by atoms with E-state index in [2.05, 4.69) is 10.2 Å². The first-order valence-corrected chi connectivity index (χ1v) is 8.20. The zero-order chi connectivity index (χ0) is 13.9. The molecule has 0 radical (unpaired) electrons. The highest BCUT2D eigenvalue weighted by Gasteiger charge is 2.54. The minimum atomic E-state index is -0.630. The van der Waals surface area contributed by atoms with Crippen molar-refractivity contribution in [2.45, 2.75) is 63.5 Å². The molecule has 4 nitrogen and oxygen atoms in total. The third-order valence-corrected chi connectivity index (χ3v) is 6.18. The summed E-state index contributed by atoms with van der Waals surface area (Å²) in [5.74, 6) is 2.14. The molecule has 1 N–H and O–H groups in total. The van der Waals surface area contributed by atoms with Crippen molar-refractivity contribution in [2.75, 3.05) is 6.54 Å². The van der Waals surface area contributed by atoms with E-state index in [-0.39, 0.29) is 11.8 Å². The van der Waals surface area contributed by atoms with Gasteiger partial charge in [0.2, 0.25) is 11.8 Å². The van der Waals surface area contributed by atoms with E-state index < -0.39 is 5.54 Å². The molecule has 0 spiro atoms. The summed E-state index contributed by atoms with van der Waals surface area (Å²) in [6, 6.07) is 0.409. The van der Waals surface area contributed by atoms with Crippen LogP contribution in [0.4, 0.5) is 0 Å². The second-order valence-corrected chi connectivity index (χ2v) is 7.52. The molecule has 0 aromatic heterocycles. The molecule has 4 heteroatoms. The highest BCUT2D eigenvalue weighted by atomic mass is 16.2. The van der Waals surface area contributed by atoms with Gasteiger partial charge >= 0.3 is 0 Å². The largest absolute Gasteiger partial charge is 0.342 e. The molecule has 1 saturated heterocycles. The van der Waals surface area contributed by atoms with E-state index in [9.17, 15) is 9.59 Å². The lowest BCUT2D eigenvalue weighted by atomic mass is 9.89. The highest BCUT2D eigenvalue weighted by Crippen LogP contribution is 2.48. The fraction of sp³-hybridized carbons (Fsp3) is 0.875. The minimum absolute atomic E-state index is 0.0541. The molecule has 4 aliphatic rings. The summed E-state index contributed by atoms with van der Waals surface area (Å²) in [6.45, 7) is 2.58. The summed E-state index contributed by atoms with van der Waals surface area (Å²) in [5, 5.41) is 3.03. The lowest BCUT2D eigenvalue weighted by Crippen LogP contribution is -2.59. The molecule has 4 atom stereocenters. The third-order valence-electron chi connectivity index (χ3n) is 6.18. The molecule has 0 aromatic carbocycles. The second kappa shape index (κ2) is 4.22. The van der Waals surface area contributed by atoms with Gasteiger partial charge in [-0.15, -0.1) is 0 Å². The van der Waals surface area contributed by atoms with Gasteiger partial charge in [0.25, 0.3) is 0 Å². The van der Waals surface area contributed by atoms with Crippen LogP contribution in [0.2, 0.25) is 0 Å². The Bertz CT molecular complexity index is 459. The molecule has 110 valence electrons. The third kappa shape index (κ3) is 1.80. The molecule has 0 aromatic rings. The number of carbonyl (C=O) groups is 2. The average Bonchev–Trinajstić information content (AvgIpc) is 3.11. The Kier molecular flexibility index (Phi) is 2.67. The van der Waals surface area contributed by atoms with Gasteiger partial charge in [-0.3, -0.25) is 9.59 Å². The maximum Gasteiger partial charge on any atom is 0.248 e. The summed E-state index contributed by atoms with van der Waals surface area (Å²) in [5.41, 5.74) is -0.630. The quantitative estimate of drug-likeness (QED) is 0.834. The minimum Gasteiger partial charge on any atom is -0.342 e. The monoisotopic (exact) mass is 276 g/mol. The molecule has 20 heavy (non-hydrogen) atoms. The van der Waals surface area contributed by atoms with Crippen molar-refractivity contribution in [3.05, 3.63) is 0 Å². The van der Waals surface area contributed by atoms with Crippen LogP contribution in [-0.2, 0) is 9.59 Å². The van der Waals surface area contributed by atoms with Gasteiger partial charge in [0.05, 0.1) is 0 Å². The number of hydrogen-bond acceptors (Lipinski definition) is 2. The number of nitrogens with zero attached hydrogens (tertiary/aromatic N) is 1. The van der Waals surface area contributed by atoms with Gasteiger partial charge < -0.3 is 10.2 Å². The maximum atomic E-state index is 13.1. The van der Waals surface area contributed by atoms with Crippen LogP contribution in [0.1, 0.15) is 51.9 Å². The molecule has 1 aliphatic heterocycles. The van der Waals surface area contributed by atoms with Crippen molar-refractivity contribution in [2.24, 2.45) is 17.8 Å². The molecule has 2 amide bonds. The molecular formula is C16H24N2O2. The predicted molar refractivity (Wildman–Crippen MR) is 74.8 cm³/mol. The number of carbonyl (C=O) groups excluding carboxylic acids is 2. The summed E-state index contributed by atoms with van der Waals surface area (Å²) in [6.07, 6.45) is 7.73. The molecular weight excluding hydrogens is 252 g/mol. The van der Waals surface area contributed by atoms with Gasteiger partial charge in [-0.25, -0.2) is 0 Å². The molecule has 2 bridgehead atoms. The Morgan fingerprint density at radius 2 is 1.95 bits per heavy atom. The Labute approximate surface area is 120 Å². The van der Waals surface area contributed by atoms with Crippen molar-refractivity contribution < 1.29 is 9.59 Å². The first-order chi connectivity index (χ1) is 9.58. The topological polar surface area (TPSA) is 49.4 Å². The second-order valence-electron chi connectivity index (χ2n) is 7.52. The van der Waals surface area contributed by atoms with Crippen LogP contribution in [0.3, 0.4) is 0 Å². The summed E-state index contributed by atoms with van der Waals surface area (Å²) < 4.78 is 0. The van der Waals surface area contributed by atoms with Gasteiger partial charge in [0.15, 0.2) is 0 Å². The van der Waals surface area contributed by atoms with Crippen molar-refractivity contribution in [1.82, 2.24) is 10.2 Å². The fourth-order valence-corrected chi connectivity index (χ4v) is 4.87. The van der Waals surface area contributed by atoms with E-state index in [0.29, 0.717) is 30.8 Å². The predicted octanol–water partition coefficient (Wildman–Crippen LogP) is 1.69. The zero-order valence-electron chi connectivity index (χ0n) is 12.2. The van der Waals surface area contributed by atoms with E-state index in [1.807, 2.05) is 6.92 Å². The van der Waals surface area contributed by atoms with Gasteiger partial charge in [-0.05, 0) is 56.8 Å². The van der Waals surface area contributed by atoms with E-state index in [4.69, 9.17) is 0 Å². The van der Waals surface area contributed by atoms with Crippen LogP contribution in [0.5, 0.6) is 0 Å². The van der Waals surface area contributed by atoms with Gasteiger partial charge in [-0.1, -0.05) is 6.42 Å². The van der Waals surface area contributed by atoms with E-state index in [1.165, 1.54) is 25.7 Å². The van der Waals surface area contributed by atoms with Crippen LogP contribution in [-0.4, -0.2) is 34.8 Å². The molecule has 4 rings (SSSR count). The lowest BCUT2D eigenvalue weighted by Gasteiger charge is -2.38. The lowest BCUT2D eigenvalue weighted by molar-refractivity contribution is -0.142. The summed E-state index contributed by atoms with van der Waals surface area (Å²) >= 11 is 0. The standard InChI is InChI=1S/C16H24N2O2/c1-16(12-4-5-12)15(20)18(7-6-14(19)17-16)13-9-10-2-3-11(13)8-10/h10-13H,2-9H2,1H3,(H,17,19).